The van der Waals surface area contributed by atoms with Crippen LogP contribution in [0.15, 0.2) is 36.0 Å². The molecular weight excluding hydrogens is 446 g/mol. The minimum absolute atomic E-state index is 0.0886. The number of amides is 2. The topological polar surface area (TPSA) is 89.1 Å². The molecule has 0 unspecified atom stereocenters. The highest BCUT2D eigenvalue weighted by atomic mass is 16.6. The Balaban J connectivity index is 1.39. The van der Waals surface area contributed by atoms with Gasteiger partial charge in [0, 0.05) is 23.7 Å². The number of hydrogen-bond acceptors (Lipinski definition) is 6. The highest BCUT2D eigenvalue weighted by Gasteiger charge is 2.31. The molecule has 0 bridgehead atoms. The van der Waals surface area contributed by atoms with Gasteiger partial charge < -0.3 is 19.5 Å². The Hall–Kier alpha value is -3.16. The summed E-state index contributed by atoms with van der Waals surface area (Å²) in [6, 6.07) is 5.63. The predicted octanol–water partition coefficient (Wildman–Crippen LogP) is 4.42. The van der Waals surface area contributed by atoms with Crippen LogP contribution in [0.4, 0.5) is 4.79 Å². The number of nitrogens with zero attached hydrogens (tertiary/aromatic N) is 1. The van der Waals surface area contributed by atoms with Crippen molar-refractivity contribution in [2.24, 2.45) is 11.8 Å². The minimum Gasteiger partial charge on any atom is -0.491 e. The number of carbonyl (C=O) groups excluding carboxylic acids is 2. The SMILES string of the molecule is CC(C)C[C@@H](COc1ccc2c(c1)OCC1=C2CN(NC(=O)C2CC2)C=C1)NC(=O)OC(C)(C)C. The van der Waals surface area contributed by atoms with E-state index in [0.29, 0.717) is 31.4 Å². The molecule has 4 rings (SSSR count). The lowest BCUT2D eigenvalue weighted by molar-refractivity contribution is -0.125. The average molecular weight is 484 g/mol. The van der Waals surface area contributed by atoms with E-state index in [-0.39, 0.29) is 17.9 Å². The molecule has 2 amide bonds. The first-order valence-electron chi connectivity index (χ1n) is 12.4. The van der Waals surface area contributed by atoms with Gasteiger partial charge in [0.25, 0.3) is 0 Å². The minimum atomic E-state index is -0.554. The van der Waals surface area contributed by atoms with E-state index in [1.807, 2.05) is 56.3 Å². The molecule has 2 N–H and O–H groups in total. The zero-order valence-corrected chi connectivity index (χ0v) is 21.3. The van der Waals surface area contributed by atoms with Crippen LogP contribution in [0.1, 0.15) is 59.4 Å². The van der Waals surface area contributed by atoms with Crippen molar-refractivity contribution in [2.75, 3.05) is 19.8 Å². The van der Waals surface area contributed by atoms with Gasteiger partial charge >= 0.3 is 6.09 Å². The molecule has 35 heavy (non-hydrogen) atoms. The van der Waals surface area contributed by atoms with Crippen LogP contribution in [-0.2, 0) is 9.53 Å². The van der Waals surface area contributed by atoms with E-state index in [1.165, 1.54) is 0 Å². The largest absolute Gasteiger partial charge is 0.491 e. The molecular formula is C27H37N3O5. The van der Waals surface area contributed by atoms with Gasteiger partial charge in [0.2, 0.25) is 5.91 Å². The maximum Gasteiger partial charge on any atom is 0.407 e. The molecule has 3 aliphatic rings. The van der Waals surface area contributed by atoms with E-state index in [9.17, 15) is 9.59 Å². The first kappa shape index (κ1) is 24.9. The summed E-state index contributed by atoms with van der Waals surface area (Å²) in [6.07, 6.45) is 6.18. The van der Waals surface area contributed by atoms with Gasteiger partial charge in [-0.3, -0.25) is 15.2 Å². The van der Waals surface area contributed by atoms with Crippen molar-refractivity contribution in [2.45, 2.75) is 65.5 Å². The van der Waals surface area contributed by atoms with Gasteiger partial charge in [0.15, 0.2) is 0 Å². The second kappa shape index (κ2) is 10.2. The van der Waals surface area contributed by atoms with Crippen LogP contribution < -0.4 is 20.2 Å². The highest BCUT2D eigenvalue weighted by molar-refractivity contribution is 5.82. The number of ether oxygens (including phenoxy) is 3. The Labute approximate surface area is 207 Å². The molecule has 1 aromatic rings. The molecule has 8 heteroatoms. The molecule has 0 spiro atoms. The number of hydrogen-bond donors (Lipinski definition) is 2. The average Bonchev–Trinajstić information content (AvgIpc) is 3.61. The van der Waals surface area contributed by atoms with E-state index in [1.54, 1.807) is 0 Å². The maximum atomic E-state index is 12.3. The number of carbonyl (C=O) groups is 2. The second-order valence-electron chi connectivity index (χ2n) is 10.9. The summed E-state index contributed by atoms with van der Waals surface area (Å²) in [5.74, 6) is 2.07. The Kier molecular flexibility index (Phi) is 7.28. The van der Waals surface area contributed by atoms with Crippen LogP contribution >= 0.6 is 0 Å². The summed E-state index contributed by atoms with van der Waals surface area (Å²) in [5, 5.41) is 4.78. The molecule has 1 aliphatic carbocycles. The summed E-state index contributed by atoms with van der Waals surface area (Å²) >= 11 is 0. The van der Waals surface area contributed by atoms with Gasteiger partial charge in [-0.1, -0.05) is 13.8 Å². The molecule has 0 aromatic heterocycles. The Bertz CT molecular complexity index is 1020. The Morgan fingerprint density at radius 3 is 2.69 bits per heavy atom. The molecule has 1 saturated carbocycles. The molecule has 190 valence electrons. The molecule has 2 aliphatic heterocycles. The third kappa shape index (κ3) is 6.93. The molecule has 2 heterocycles. The summed E-state index contributed by atoms with van der Waals surface area (Å²) in [4.78, 5) is 24.4. The zero-order chi connectivity index (χ0) is 25.2. The predicted molar refractivity (Wildman–Crippen MR) is 134 cm³/mol. The lowest BCUT2D eigenvalue weighted by atomic mass is 9.95. The zero-order valence-electron chi connectivity index (χ0n) is 21.3. The highest BCUT2D eigenvalue weighted by Crippen LogP contribution is 2.38. The van der Waals surface area contributed by atoms with Gasteiger partial charge in [-0.05, 0) is 75.3 Å². The van der Waals surface area contributed by atoms with Gasteiger partial charge in [0.1, 0.15) is 30.3 Å². The van der Waals surface area contributed by atoms with Crippen LogP contribution in [0.25, 0.3) is 5.57 Å². The number of rotatable bonds is 8. The monoisotopic (exact) mass is 483 g/mol. The van der Waals surface area contributed by atoms with Crippen LogP contribution in [0, 0.1) is 11.8 Å². The Morgan fingerprint density at radius 2 is 2.00 bits per heavy atom. The lowest BCUT2D eigenvalue weighted by Gasteiger charge is -2.31. The van der Waals surface area contributed by atoms with E-state index in [0.717, 1.165) is 41.7 Å². The van der Waals surface area contributed by atoms with Gasteiger partial charge in [-0.15, -0.1) is 0 Å². The van der Waals surface area contributed by atoms with Gasteiger partial charge in [0.05, 0.1) is 12.6 Å². The van der Waals surface area contributed by atoms with Crippen molar-refractivity contribution in [3.8, 4) is 11.5 Å². The van der Waals surface area contributed by atoms with Crippen molar-refractivity contribution in [1.29, 1.82) is 0 Å². The fourth-order valence-corrected chi connectivity index (χ4v) is 4.18. The first-order valence-corrected chi connectivity index (χ1v) is 12.4. The van der Waals surface area contributed by atoms with E-state index >= 15 is 0 Å². The number of hydrazine groups is 1. The molecule has 8 nitrogen and oxygen atoms in total. The quantitative estimate of drug-likeness (QED) is 0.569. The van der Waals surface area contributed by atoms with Crippen molar-refractivity contribution in [3.63, 3.8) is 0 Å². The standard InChI is InChI=1S/C27H37N3O5/c1-17(2)12-20(28-26(32)35-27(3,4)5)16-33-21-8-9-22-23-14-30(29-25(31)18-6-7-18)11-10-19(23)15-34-24(22)13-21/h8-11,13,17-18,20H,6-7,12,14-16H2,1-5H3,(H,28,32)(H,29,31)/t20-/m0/s1. The molecule has 0 radical (unpaired) electrons. The number of nitrogens with one attached hydrogen (secondary N) is 2. The third-order valence-electron chi connectivity index (χ3n) is 5.96. The second-order valence-corrected chi connectivity index (χ2v) is 10.9. The van der Waals surface area contributed by atoms with Crippen LogP contribution in [0.2, 0.25) is 0 Å². The summed E-state index contributed by atoms with van der Waals surface area (Å²) in [6.45, 7) is 11.1. The molecule has 1 atom stereocenters. The number of alkyl carbamates (subject to hydrolysis) is 1. The molecule has 1 aromatic carbocycles. The summed E-state index contributed by atoms with van der Waals surface area (Å²) in [5.41, 5.74) is 5.69. The third-order valence-corrected chi connectivity index (χ3v) is 5.96. The van der Waals surface area contributed by atoms with Crippen molar-refractivity contribution < 1.29 is 23.8 Å². The summed E-state index contributed by atoms with van der Waals surface area (Å²) < 4.78 is 17.5. The first-order chi connectivity index (χ1) is 16.6. The van der Waals surface area contributed by atoms with Gasteiger partial charge in [-0.25, -0.2) is 4.79 Å². The lowest BCUT2D eigenvalue weighted by Crippen LogP contribution is -2.42. The summed E-state index contributed by atoms with van der Waals surface area (Å²) in [7, 11) is 0. The van der Waals surface area contributed by atoms with Crippen molar-refractivity contribution in [3.05, 3.63) is 41.6 Å². The molecule has 1 fully saturated rings. The Morgan fingerprint density at radius 1 is 1.23 bits per heavy atom. The van der Waals surface area contributed by atoms with E-state index in [4.69, 9.17) is 14.2 Å². The number of benzene rings is 1. The van der Waals surface area contributed by atoms with Crippen LogP contribution in [0.3, 0.4) is 0 Å². The van der Waals surface area contributed by atoms with E-state index < -0.39 is 11.7 Å². The van der Waals surface area contributed by atoms with Crippen LogP contribution in [0.5, 0.6) is 11.5 Å². The normalized spacial score (nSPS) is 17.8. The van der Waals surface area contributed by atoms with Crippen molar-refractivity contribution in [1.82, 2.24) is 15.8 Å². The smallest absolute Gasteiger partial charge is 0.407 e. The fraction of sp³-hybridized carbons (Fsp3) is 0.556. The van der Waals surface area contributed by atoms with Gasteiger partial charge in [-0.2, -0.15) is 0 Å². The van der Waals surface area contributed by atoms with E-state index in [2.05, 4.69) is 24.6 Å². The van der Waals surface area contributed by atoms with Crippen LogP contribution in [-0.4, -0.2) is 48.4 Å². The maximum absolute atomic E-state index is 12.3. The molecule has 0 saturated heterocycles. The fourth-order valence-electron chi connectivity index (χ4n) is 4.18. The van der Waals surface area contributed by atoms with Crippen molar-refractivity contribution >= 4 is 17.6 Å². The number of fused-ring (bicyclic) bond motifs is 2.